The Morgan fingerprint density at radius 1 is 0.944 bits per heavy atom. The van der Waals surface area contributed by atoms with Gasteiger partial charge in [0.05, 0.1) is 0 Å². The van der Waals surface area contributed by atoms with Crippen LogP contribution < -0.4 is 0 Å². The highest BCUT2D eigenvalue weighted by Crippen LogP contribution is 2.36. The Balaban J connectivity index is 2.64. The maximum absolute atomic E-state index is 13.3. The molecule has 0 aliphatic heterocycles. The zero-order chi connectivity index (χ0) is 13.3. The minimum atomic E-state index is -2.75. The first-order valence-corrected chi connectivity index (χ1v) is 5.77. The van der Waals surface area contributed by atoms with Crippen LogP contribution in [0.25, 0.3) is 11.1 Å². The first-order valence-electron chi connectivity index (χ1n) is 5.02. The molecule has 0 radical (unpaired) electrons. The molecule has 94 valence electrons. The topological polar surface area (TPSA) is 0 Å². The van der Waals surface area contributed by atoms with Crippen molar-refractivity contribution in [1.29, 1.82) is 0 Å². The molecule has 0 heterocycles. The number of halogens is 5. The summed E-state index contributed by atoms with van der Waals surface area (Å²) in [5.74, 6) is -0.751. The van der Waals surface area contributed by atoms with E-state index >= 15 is 0 Å². The first-order chi connectivity index (χ1) is 8.49. The molecule has 0 aromatic heterocycles. The standard InChI is InChI=1S/C13H7Cl2F3/c14-10-2-1-3-11(15)12(10)7-4-8(13(17)18)6-9(16)5-7/h1-6,13H. The van der Waals surface area contributed by atoms with E-state index in [9.17, 15) is 13.2 Å². The zero-order valence-corrected chi connectivity index (χ0v) is 10.4. The fourth-order valence-corrected chi connectivity index (χ4v) is 2.27. The van der Waals surface area contributed by atoms with Gasteiger partial charge in [0.1, 0.15) is 5.82 Å². The van der Waals surface area contributed by atoms with Gasteiger partial charge in [-0.25, -0.2) is 13.2 Å². The van der Waals surface area contributed by atoms with E-state index in [0.717, 1.165) is 12.1 Å². The molecule has 0 amide bonds. The summed E-state index contributed by atoms with van der Waals surface area (Å²) in [6.07, 6.45) is -2.75. The molecule has 0 spiro atoms. The van der Waals surface area contributed by atoms with E-state index in [4.69, 9.17) is 23.2 Å². The van der Waals surface area contributed by atoms with Gasteiger partial charge >= 0.3 is 0 Å². The van der Waals surface area contributed by atoms with Crippen LogP contribution in [0.15, 0.2) is 36.4 Å². The van der Waals surface area contributed by atoms with Gasteiger partial charge < -0.3 is 0 Å². The summed E-state index contributed by atoms with van der Waals surface area (Å²) >= 11 is 11.9. The number of rotatable bonds is 2. The van der Waals surface area contributed by atoms with Crippen LogP contribution >= 0.6 is 23.2 Å². The molecule has 18 heavy (non-hydrogen) atoms. The average molecular weight is 291 g/mol. The molecule has 0 aliphatic carbocycles. The Hall–Kier alpha value is -1.19. The van der Waals surface area contributed by atoms with E-state index in [1.165, 1.54) is 6.07 Å². The molecule has 0 saturated heterocycles. The highest BCUT2D eigenvalue weighted by atomic mass is 35.5. The fourth-order valence-electron chi connectivity index (χ4n) is 1.66. The van der Waals surface area contributed by atoms with Gasteiger partial charge in [-0.3, -0.25) is 0 Å². The molecule has 0 aliphatic rings. The van der Waals surface area contributed by atoms with E-state index in [2.05, 4.69) is 0 Å². The van der Waals surface area contributed by atoms with Crippen LogP contribution in [0.3, 0.4) is 0 Å². The van der Waals surface area contributed by atoms with Crippen molar-refractivity contribution in [2.45, 2.75) is 6.43 Å². The SMILES string of the molecule is Fc1cc(-c2c(Cl)cccc2Cl)cc(C(F)F)c1. The second-order valence-electron chi connectivity index (χ2n) is 3.67. The molecular weight excluding hydrogens is 284 g/mol. The lowest BCUT2D eigenvalue weighted by atomic mass is 10.0. The van der Waals surface area contributed by atoms with Gasteiger partial charge in [-0.05, 0) is 35.9 Å². The van der Waals surface area contributed by atoms with Gasteiger partial charge in [0.25, 0.3) is 6.43 Å². The smallest absolute Gasteiger partial charge is 0.207 e. The average Bonchev–Trinajstić information content (AvgIpc) is 2.28. The second-order valence-corrected chi connectivity index (χ2v) is 4.48. The Kier molecular flexibility index (Phi) is 3.83. The normalized spacial score (nSPS) is 11.0. The third-order valence-corrected chi connectivity index (χ3v) is 3.05. The molecule has 2 aromatic carbocycles. The van der Waals surface area contributed by atoms with Crippen LogP contribution in [0.2, 0.25) is 10.0 Å². The molecule has 2 aromatic rings. The highest BCUT2D eigenvalue weighted by molar-refractivity contribution is 6.39. The van der Waals surface area contributed by atoms with Crippen LogP contribution in [-0.4, -0.2) is 0 Å². The predicted molar refractivity (Wildman–Crippen MR) is 66.8 cm³/mol. The van der Waals surface area contributed by atoms with Crippen molar-refractivity contribution in [2.75, 3.05) is 0 Å². The van der Waals surface area contributed by atoms with Crippen molar-refractivity contribution in [3.8, 4) is 11.1 Å². The number of hydrogen-bond donors (Lipinski definition) is 0. The van der Waals surface area contributed by atoms with E-state index in [1.54, 1.807) is 18.2 Å². The van der Waals surface area contributed by atoms with Gasteiger partial charge in [0.15, 0.2) is 0 Å². The highest BCUT2D eigenvalue weighted by Gasteiger charge is 2.14. The summed E-state index contributed by atoms with van der Waals surface area (Å²) in [6.45, 7) is 0. The third kappa shape index (κ3) is 2.62. The Labute approximate surface area is 112 Å². The Morgan fingerprint density at radius 2 is 1.56 bits per heavy atom. The number of alkyl halides is 2. The lowest BCUT2D eigenvalue weighted by molar-refractivity contribution is 0.151. The Morgan fingerprint density at radius 3 is 2.11 bits per heavy atom. The first kappa shape index (κ1) is 13.2. The summed E-state index contributed by atoms with van der Waals surface area (Å²) in [5, 5.41) is 0.571. The van der Waals surface area contributed by atoms with Crippen molar-refractivity contribution in [3.05, 3.63) is 57.8 Å². The van der Waals surface area contributed by atoms with E-state index in [-0.39, 0.29) is 15.6 Å². The fraction of sp³-hybridized carbons (Fsp3) is 0.0769. The van der Waals surface area contributed by atoms with E-state index < -0.39 is 17.8 Å². The molecule has 5 heteroatoms. The molecule has 0 fully saturated rings. The van der Waals surface area contributed by atoms with Crippen LogP contribution in [0.1, 0.15) is 12.0 Å². The maximum Gasteiger partial charge on any atom is 0.263 e. The van der Waals surface area contributed by atoms with E-state index in [0.29, 0.717) is 5.56 Å². The van der Waals surface area contributed by atoms with Gasteiger partial charge in [0, 0.05) is 21.2 Å². The summed E-state index contributed by atoms with van der Waals surface area (Å²) in [4.78, 5) is 0. The van der Waals surface area contributed by atoms with Crippen molar-refractivity contribution >= 4 is 23.2 Å². The largest absolute Gasteiger partial charge is 0.263 e. The second kappa shape index (κ2) is 5.21. The van der Waals surface area contributed by atoms with Crippen LogP contribution in [0, 0.1) is 5.82 Å². The third-order valence-electron chi connectivity index (χ3n) is 2.42. The molecule has 0 atom stereocenters. The number of hydrogen-bond acceptors (Lipinski definition) is 0. The molecular formula is C13H7Cl2F3. The minimum Gasteiger partial charge on any atom is -0.207 e. The lowest BCUT2D eigenvalue weighted by Crippen LogP contribution is -1.90. The van der Waals surface area contributed by atoms with E-state index in [1.807, 2.05) is 0 Å². The summed E-state index contributed by atoms with van der Waals surface area (Å²) in [7, 11) is 0. The molecule has 0 N–H and O–H groups in total. The van der Waals surface area contributed by atoms with Crippen LogP contribution in [0.5, 0.6) is 0 Å². The van der Waals surface area contributed by atoms with Gasteiger partial charge in [-0.2, -0.15) is 0 Å². The Bertz CT molecular complexity index is 562. The minimum absolute atomic E-state index is 0.237. The number of benzene rings is 2. The lowest BCUT2D eigenvalue weighted by Gasteiger charge is -2.09. The molecule has 0 unspecified atom stereocenters. The van der Waals surface area contributed by atoms with Crippen molar-refractivity contribution in [1.82, 2.24) is 0 Å². The van der Waals surface area contributed by atoms with Crippen LogP contribution in [-0.2, 0) is 0 Å². The molecule has 0 nitrogen and oxygen atoms in total. The van der Waals surface area contributed by atoms with Crippen molar-refractivity contribution in [2.24, 2.45) is 0 Å². The van der Waals surface area contributed by atoms with Gasteiger partial charge in [0.2, 0.25) is 0 Å². The monoisotopic (exact) mass is 290 g/mol. The predicted octanol–water partition coefficient (Wildman–Crippen LogP) is 5.74. The van der Waals surface area contributed by atoms with Gasteiger partial charge in [-0.1, -0.05) is 29.3 Å². The summed E-state index contributed by atoms with van der Waals surface area (Å²) in [6, 6.07) is 7.85. The van der Waals surface area contributed by atoms with Gasteiger partial charge in [-0.15, -0.1) is 0 Å². The maximum atomic E-state index is 13.3. The van der Waals surface area contributed by atoms with Crippen LogP contribution in [0.4, 0.5) is 13.2 Å². The van der Waals surface area contributed by atoms with Crippen molar-refractivity contribution < 1.29 is 13.2 Å². The quantitative estimate of drug-likeness (QED) is 0.662. The summed E-state index contributed by atoms with van der Waals surface area (Å²) in [5.41, 5.74) is 0.184. The van der Waals surface area contributed by atoms with Crippen molar-refractivity contribution in [3.63, 3.8) is 0 Å². The molecule has 0 saturated carbocycles. The zero-order valence-electron chi connectivity index (χ0n) is 8.93. The summed E-state index contributed by atoms with van der Waals surface area (Å²) < 4.78 is 38.5. The molecule has 2 rings (SSSR count). The molecule has 0 bridgehead atoms.